The highest BCUT2D eigenvalue weighted by atomic mass is 35.5. The number of carboxylic acids is 1. The number of aromatic nitrogens is 2. The Bertz CT molecular complexity index is 1250. The van der Waals surface area contributed by atoms with E-state index in [1.807, 2.05) is 55.4 Å². The predicted octanol–water partition coefficient (Wildman–Crippen LogP) is 2.17. The SMILES string of the molecule is Cc1ccc(Oc2[nH]c3cc(Cl)c(-c4ccc(N(C)C)cc4)cc3[nH+]2)cc1C(=O)O.[Cl-]. The van der Waals surface area contributed by atoms with Crippen molar-refractivity contribution in [2.45, 2.75) is 6.92 Å². The zero-order valence-corrected chi connectivity index (χ0v) is 18.7. The van der Waals surface area contributed by atoms with Crippen LogP contribution in [0.4, 0.5) is 5.69 Å². The van der Waals surface area contributed by atoms with Gasteiger partial charge in [0, 0.05) is 31.4 Å². The molecule has 0 saturated carbocycles. The summed E-state index contributed by atoms with van der Waals surface area (Å²) in [5.41, 5.74) is 5.51. The van der Waals surface area contributed by atoms with Crippen molar-refractivity contribution >= 4 is 34.3 Å². The fourth-order valence-electron chi connectivity index (χ4n) is 3.28. The first-order chi connectivity index (χ1) is 14.3. The van der Waals surface area contributed by atoms with Gasteiger partial charge < -0.3 is 27.2 Å². The number of aryl methyl sites for hydroxylation is 1. The smallest absolute Gasteiger partial charge is 0.458 e. The zero-order valence-electron chi connectivity index (χ0n) is 17.2. The number of carbonyl (C=O) groups is 1. The standard InChI is InChI=1S/C23H20ClN3O3.ClH/c1-13-4-9-16(10-17(13)22(28)29)30-23-25-20-11-18(19(24)12-21(20)26-23)14-5-7-15(8-6-14)27(2)3;/h4-12H,1-3H3,(H,25,26)(H,28,29);1H. The molecule has 0 radical (unpaired) electrons. The third-order valence-electron chi connectivity index (χ3n) is 4.96. The molecular weight excluding hydrogens is 437 g/mol. The molecule has 0 fully saturated rings. The van der Waals surface area contributed by atoms with Crippen LogP contribution in [0.2, 0.25) is 5.02 Å². The highest BCUT2D eigenvalue weighted by molar-refractivity contribution is 6.34. The van der Waals surface area contributed by atoms with Gasteiger partial charge in [0.1, 0.15) is 5.75 Å². The van der Waals surface area contributed by atoms with E-state index in [4.69, 9.17) is 16.3 Å². The van der Waals surface area contributed by atoms with Crippen molar-refractivity contribution in [1.82, 2.24) is 4.98 Å². The third kappa shape index (κ3) is 4.60. The molecule has 0 saturated heterocycles. The summed E-state index contributed by atoms with van der Waals surface area (Å²) in [6.07, 6.45) is 0. The Labute approximate surface area is 190 Å². The number of benzene rings is 3. The van der Waals surface area contributed by atoms with E-state index < -0.39 is 5.97 Å². The van der Waals surface area contributed by atoms with Crippen LogP contribution in [0.25, 0.3) is 22.2 Å². The summed E-state index contributed by atoms with van der Waals surface area (Å²) < 4.78 is 5.81. The Morgan fingerprint density at radius 3 is 2.45 bits per heavy atom. The van der Waals surface area contributed by atoms with Crippen molar-refractivity contribution in [2.24, 2.45) is 0 Å². The summed E-state index contributed by atoms with van der Waals surface area (Å²) in [4.78, 5) is 19.7. The number of hydrogen-bond acceptors (Lipinski definition) is 3. The van der Waals surface area contributed by atoms with Gasteiger partial charge in [0.2, 0.25) is 0 Å². The Morgan fingerprint density at radius 2 is 1.81 bits per heavy atom. The van der Waals surface area contributed by atoms with Crippen LogP contribution in [0.1, 0.15) is 15.9 Å². The van der Waals surface area contributed by atoms with Crippen LogP contribution in [0.3, 0.4) is 0 Å². The molecule has 0 amide bonds. The van der Waals surface area contributed by atoms with Gasteiger partial charge in [0.25, 0.3) is 0 Å². The molecule has 3 N–H and O–H groups in total. The van der Waals surface area contributed by atoms with Crippen molar-refractivity contribution in [3.63, 3.8) is 0 Å². The van der Waals surface area contributed by atoms with Crippen molar-refractivity contribution in [2.75, 3.05) is 19.0 Å². The van der Waals surface area contributed by atoms with E-state index in [-0.39, 0.29) is 18.0 Å². The fraction of sp³-hybridized carbons (Fsp3) is 0.130. The second kappa shape index (κ2) is 8.88. The first-order valence-corrected chi connectivity index (χ1v) is 9.74. The van der Waals surface area contributed by atoms with Gasteiger partial charge in [0.05, 0.1) is 10.6 Å². The number of carboxylic acid groups (broad SMARTS) is 1. The monoisotopic (exact) mass is 457 g/mol. The predicted molar refractivity (Wildman–Crippen MR) is 118 cm³/mol. The largest absolute Gasteiger partial charge is 1.00 e. The lowest BCUT2D eigenvalue weighted by Crippen LogP contribution is -3.00. The third-order valence-corrected chi connectivity index (χ3v) is 5.27. The molecule has 0 atom stereocenters. The summed E-state index contributed by atoms with van der Waals surface area (Å²) >= 11 is 6.53. The van der Waals surface area contributed by atoms with Crippen LogP contribution in [0, 0.1) is 6.92 Å². The molecule has 3 aromatic carbocycles. The maximum atomic E-state index is 11.3. The Kier molecular flexibility index (Phi) is 6.43. The van der Waals surface area contributed by atoms with Gasteiger partial charge in [0.15, 0.2) is 11.0 Å². The van der Waals surface area contributed by atoms with E-state index in [9.17, 15) is 9.90 Å². The average Bonchev–Trinajstić information content (AvgIpc) is 3.09. The number of rotatable bonds is 5. The molecule has 31 heavy (non-hydrogen) atoms. The lowest BCUT2D eigenvalue weighted by atomic mass is 10.0. The van der Waals surface area contributed by atoms with Crippen molar-refractivity contribution in [3.05, 3.63) is 70.7 Å². The number of fused-ring (bicyclic) bond motifs is 1. The Morgan fingerprint density at radius 1 is 1.10 bits per heavy atom. The number of ether oxygens (including phenoxy) is 1. The van der Waals surface area contributed by atoms with Crippen molar-refractivity contribution in [1.29, 1.82) is 0 Å². The number of halogens is 2. The molecule has 6 nitrogen and oxygen atoms in total. The minimum Gasteiger partial charge on any atom is -1.00 e. The van der Waals surface area contributed by atoms with Gasteiger partial charge in [-0.15, -0.1) is 0 Å². The lowest BCUT2D eigenvalue weighted by molar-refractivity contribution is -0.359. The van der Waals surface area contributed by atoms with Crippen LogP contribution in [-0.4, -0.2) is 30.2 Å². The van der Waals surface area contributed by atoms with Crippen molar-refractivity contribution in [3.8, 4) is 22.9 Å². The molecule has 0 spiro atoms. The summed E-state index contributed by atoms with van der Waals surface area (Å²) in [5.74, 6) is -0.568. The van der Waals surface area contributed by atoms with Crippen LogP contribution in [-0.2, 0) is 0 Å². The van der Waals surface area contributed by atoms with Gasteiger partial charge in [-0.3, -0.25) is 0 Å². The number of anilines is 1. The molecule has 1 aromatic heterocycles. The molecule has 0 bridgehead atoms. The maximum Gasteiger partial charge on any atom is 0.458 e. The quantitative estimate of drug-likeness (QED) is 0.481. The lowest BCUT2D eigenvalue weighted by Gasteiger charge is -2.13. The number of nitrogens with zero attached hydrogens (tertiary/aromatic N) is 1. The topological polar surface area (TPSA) is 79.7 Å². The molecule has 0 aliphatic carbocycles. The highest BCUT2D eigenvalue weighted by Crippen LogP contribution is 2.32. The molecule has 0 unspecified atom stereocenters. The van der Waals surface area contributed by atoms with Crippen molar-refractivity contribution < 1.29 is 32.0 Å². The molecule has 0 aliphatic heterocycles. The fourth-order valence-corrected chi connectivity index (χ4v) is 3.55. The number of hydrogen-bond donors (Lipinski definition) is 2. The van der Waals surface area contributed by atoms with Crippen LogP contribution in [0.15, 0.2) is 54.6 Å². The number of imidazole rings is 1. The first kappa shape index (κ1) is 22.5. The zero-order chi connectivity index (χ0) is 21.4. The van der Waals surface area contributed by atoms with E-state index in [1.54, 1.807) is 19.1 Å². The molecular formula is C23H21Cl2N3O3. The minimum absolute atomic E-state index is 0. The minimum atomic E-state index is -0.990. The average molecular weight is 458 g/mol. The normalized spacial score (nSPS) is 10.6. The molecule has 160 valence electrons. The number of aromatic amines is 2. The Hall–Kier alpha value is -3.22. The number of aromatic carboxylic acids is 1. The second-order valence-electron chi connectivity index (χ2n) is 7.28. The number of nitrogens with one attached hydrogen (secondary N) is 2. The van der Waals surface area contributed by atoms with Gasteiger partial charge in [-0.1, -0.05) is 29.8 Å². The molecule has 4 aromatic rings. The molecule has 0 aliphatic rings. The van der Waals surface area contributed by atoms with Crippen LogP contribution in [0.5, 0.6) is 11.8 Å². The second-order valence-corrected chi connectivity index (χ2v) is 7.69. The summed E-state index contributed by atoms with van der Waals surface area (Å²) in [6, 6.07) is 17.3. The van der Waals surface area contributed by atoms with E-state index in [1.165, 1.54) is 6.07 Å². The van der Waals surface area contributed by atoms with E-state index in [0.717, 1.165) is 27.8 Å². The Balaban J connectivity index is 0.00000272. The first-order valence-electron chi connectivity index (χ1n) is 9.36. The molecule has 1 heterocycles. The summed E-state index contributed by atoms with van der Waals surface area (Å²) in [7, 11) is 4.00. The molecule has 8 heteroatoms. The maximum absolute atomic E-state index is 11.3. The molecule has 4 rings (SSSR count). The van der Waals surface area contributed by atoms with Crippen LogP contribution < -0.4 is 27.0 Å². The summed E-state index contributed by atoms with van der Waals surface area (Å²) in [5, 5.41) is 9.91. The van der Waals surface area contributed by atoms with Crippen LogP contribution >= 0.6 is 11.6 Å². The van der Waals surface area contributed by atoms with E-state index in [0.29, 0.717) is 22.3 Å². The highest BCUT2D eigenvalue weighted by Gasteiger charge is 2.17. The van der Waals surface area contributed by atoms with E-state index in [2.05, 4.69) is 9.97 Å². The summed E-state index contributed by atoms with van der Waals surface area (Å²) in [6.45, 7) is 1.75. The van der Waals surface area contributed by atoms with Gasteiger partial charge in [-0.2, -0.15) is 0 Å². The van der Waals surface area contributed by atoms with Gasteiger partial charge in [-0.05, 0) is 48.4 Å². The number of H-pyrrole nitrogens is 2. The van der Waals surface area contributed by atoms with Gasteiger partial charge >= 0.3 is 12.0 Å². The van der Waals surface area contributed by atoms with E-state index >= 15 is 0 Å². The van der Waals surface area contributed by atoms with Gasteiger partial charge in [-0.25, -0.2) is 14.8 Å².